The number of nitrogen functional groups attached to an aromatic ring is 1. The fourth-order valence-corrected chi connectivity index (χ4v) is 2.78. The number of amides is 1. The van der Waals surface area contributed by atoms with E-state index in [9.17, 15) is 4.79 Å². The molecule has 0 aliphatic heterocycles. The summed E-state index contributed by atoms with van der Waals surface area (Å²) in [6.07, 6.45) is 0.824. The van der Waals surface area contributed by atoms with Crippen LogP contribution in [0.3, 0.4) is 0 Å². The smallest absolute Gasteiger partial charge is 0.266 e. The standard InChI is InChI=1S/C13H13ClN2OS/c1-2-8-6-7-18-12(8)13(17)16-11-9(14)4-3-5-10(11)15/h3-7H,2,15H2,1H3,(H,16,17). The van der Waals surface area contributed by atoms with Crippen molar-refractivity contribution in [1.82, 2.24) is 0 Å². The number of thiophene rings is 1. The van der Waals surface area contributed by atoms with Crippen molar-refractivity contribution in [3.63, 3.8) is 0 Å². The Hall–Kier alpha value is -1.52. The highest BCUT2D eigenvalue weighted by atomic mass is 35.5. The number of halogens is 1. The van der Waals surface area contributed by atoms with Crippen molar-refractivity contribution in [2.45, 2.75) is 13.3 Å². The average Bonchev–Trinajstić information content (AvgIpc) is 2.82. The van der Waals surface area contributed by atoms with Crippen LogP contribution in [0.2, 0.25) is 5.02 Å². The van der Waals surface area contributed by atoms with E-state index in [1.165, 1.54) is 11.3 Å². The van der Waals surface area contributed by atoms with Crippen LogP contribution in [0.1, 0.15) is 22.2 Å². The van der Waals surface area contributed by atoms with E-state index in [0.29, 0.717) is 21.3 Å². The molecule has 0 saturated heterocycles. The molecule has 2 rings (SSSR count). The van der Waals surface area contributed by atoms with Gasteiger partial charge < -0.3 is 11.1 Å². The second kappa shape index (κ2) is 5.42. The summed E-state index contributed by atoms with van der Waals surface area (Å²) in [4.78, 5) is 12.8. The summed E-state index contributed by atoms with van der Waals surface area (Å²) in [7, 11) is 0. The Labute approximate surface area is 115 Å². The van der Waals surface area contributed by atoms with Gasteiger partial charge in [-0.05, 0) is 35.6 Å². The molecule has 18 heavy (non-hydrogen) atoms. The van der Waals surface area contributed by atoms with Gasteiger partial charge in [-0.1, -0.05) is 24.6 Å². The second-order valence-electron chi connectivity index (χ2n) is 3.79. The van der Waals surface area contributed by atoms with Crippen molar-refractivity contribution in [2.24, 2.45) is 0 Å². The zero-order valence-electron chi connectivity index (χ0n) is 9.87. The lowest BCUT2D eigenvalue weighted by Gasteiger charge is -2.09. The number of carbonyl (C=O) groups is 1. The molecule has 0 radical (unpaired) electrons. The highest BCUT2D eigenvalue weighted by molar-refractivity contribution is 7.12. The van der Waals surface area contributed by atoms with E-state index in [0.717, 1.165) is 12.0 Å². The molecule has 0 fully saturated rings. The van der Waals surface area contributed by atoms with Crippen LogP contribution in [0.15, 0.2) is 29.6 Å². The molecule has 0 aliphatic carbocycles. The van der Waals surface area contributed by atoms with Crippen LogP contribution in [0.4, 0.5) is 11.4 Å². The van der Waals surface area contributed by atoms with Crippen molar-refractivity contribution < 1.29 is 4.79 Å². The van der Waals surface area contributed by atoms with Gasteiger partial charge in [0.25, 0.3) is 5.91 Å². The van der Waals surface area contributed by atoms with E-state index in [4.69, 9.17) is 17.3 Å². The Kier molecular flexibility index (Phi) is 3.89. The molecule has 0 bridgehead atoms. The lowest BCUT2D eigenvalue weighted by atomic mass is 10.2. The first kappa shape index (κ1) is 12.9. The van der Waals surface area contributed by atoms with Crippen molar-refractivity contribution in [3.05, 3.63) is 45.1 Å². The van der Waals surface area contributed by atoms with Crippen molar-refractivity contribution in [1.29, 1.82) is 0 Å². The molecule has 5 heteroatoms. The van der Waals surface area contributed by atoms with Crippen LogP contribution >= 0.6 is 22.9 Å². The number of nitrogens with one attached hydrogen (secondary N) is 1. The van der Waals surface area contributed by atoms with Gasteiger partial charge in [0.2, 0.25) is 0 Å². The van der Waals surface area contributed by atoms with Gasteiger partial charge in [-0.15, -0.1) is 11.3 Å². The van der Waals surface area contributed by atoms with E-state index in [1.54, 1.807) is 18.2 Å². The SMILES string of the molecule is CCc1ccsc1C(=O)Nc1c(N)cccc1Cl. The van der Waals surface area contributed by atoms with Crippen LogP contribution < -0.4 is 11.1 Å². The zero-order chi connectivity index (χ0) is 13.1. The largest absolute Gasteiger partial charge is 0.397 e. The Morgan fingerprint density at radius 1 is 1.44 bits per heavy atom. The highest BCUT2D eigenvalue weighted by Crippen LogP contribution is 2.29. The minimum Gasteiger partial charge on any atom is -0.397 e. The van der Waals surface area contributed by atoms with Gasteiger partial charge in [0, 0.05) is 0 Å². The normalized spacial score (nSPS) is 10.3. The number of para-hydroxylation sites is 1. The number of aryl methyl sites for hydroxylation is 1. The van der Waals surface area contributed by atoms with E-state index >= 15 is 0 Å². The number of rotatable bonds is 3. The fraction of sp³-hybridized carbons (Fsp3) is 0.154. The molecular formula is C13H13ClN2OS. The van der Waals surface area contributed by atoms with Crippen molar-refractivity contribution in [2.75, 3.05) is 11.1 Å². The number of carbonyl (C=O) groups excluding carboxylic acids is 1. The molecule has 0 aliphatic rings. The summed E-state index contributed by atoms with van der Waals surface area (Å²) in [5.74, 6) is -0.165. The summed E-state index contributed by atoms with van der Waals surface area (Å²) >= 11 is 7.43. The molecule has 1 aromatic heterocycles. The highest BCUT2D eigenvalue weighted by Gasteiger charge is 2.14. The maximum absolute atomic E-state index is 12.1. The van der Waals surface area contributed by atoms with Gasteiger partial charge in [0.05, 0.1) is 21.3 Å². The lowest BCUT2D eigenvalue weighted by Crippen LogP contribution is -2.13. The van der Waals surface area contributed by atoms with Gasteiger partial charge in [-0.2, -0.15) is 0 Å². The predicted molar refractivity (Wildman–Crippen MR) is 77.5 cm³/mol. The zero-order valence-corrected chi connectivity index (χ0v) is 11.4. The second-order valence-corrected chi connectivity index (χ2v) is 5.11. The molecule has 0 atom stereocenters. The topological polar surface area (TPSA) is 55.1 Å². The molecular weight excluding hydrogens is 268 g/mol. The molecule has 0 spiro atoms. The van der Waals surface area contributed by atoms with Gasteiger partial charge >= 0.3 is 0 Å². The maximum atomic E-state index is 12.1. The molecule has 0 unspecified atom stereocenters. The maximum Gasteiger partial charge on any atom is 0.266 e. The van der Waals surface area contributed by atoms with E-state index < -0.39 is 0 Å². The summed E-state index contributed by atoms with van der Waals surface area (Å²) in [5.41, 5.74) is 7.76. The number of hydrogen-bond donors (Lipinski definition) is 2. The third-order valence-corrected chi connectivity index (χ3v) is 3.89. The monoisotopic (exact) mass is 280 g/mol. The van der Waals surface area contributed by atoms with Crippen molar-refractivity contribution >= 4 is 40.2 Å². The minimum absolute atomic E-state index is 0.165. The van der Waals surface area contributed by atoms with Gasteiger partial charge in [-0.3, -0.25) is 4.79 Å². The van der Waals surface area contributed by atoms with Gasteiger partial charge in [0.1, 0.15) is 0 Å². The minimum atomic E-state index is -0.165. The summed E-state index contributed by atoms with van der Waals surface area (Å²) in [6.45, 7) is 2.02. The molecule has 3 nitrogen and oxygen atoms in total. The van der Waals surface area contributed by atoms with Crippen LogP contribution in [0.25, 0.3) is 0 Å². The first-order chi connectivity index (χ1) is 8.63. The molecule has 3 N–H and O–H groups in total. The van der Waals surface area contributed by atoms with Crippen LogP contribution in [-0.4, -0.2) is 5.91 Å². The molecule has 1 amide bonds. The number of anilines is 2. The molecule has 2 aromatic rings. The first-order valence-electron chi connectivity index (χ1n) is 5.55. The third kappa shape index (κ3) is 2.49. The summed E-state index contributed by atoms with van der Waals surface area (Å²) in [5, 5.41) is 5.12. The Morgan fingerprint density at radius 3 is 2.89 bits per heavy atom. The molecule has 1 aromatic carbocycles. The Balaban J connectivity index is 2.27. The van der Waals surface area contributed by atoms with Crippen molar-refractivity contribution in [3.8, 4) is 0 Å². The quantitative estimate of drug-likeness (QED) is 0.840. The fourth-order valence-electron chi connectivity index (χ4n) is 1.66. The van der Waals surface area contributed by atoms with Crippen LogP contribution in [0, 0.1) is 0 Å². The molecule has 0 saturated carbocycles. The van der Waals surface area contributed by atoms with Gasteiger partial charge in [0.15, 0.2) is 0 Å². The van der Waals surface area contributed by atoms with E-state index in [1.807, 2.05) is 18.4 Å². The Bertz CT molecular complexity index is 560. The lowest BCUT2D eigenvalue weighted by molar-refractivity contribution is 0.103. The summed E-state index contributed by atoms with van der Waals surface area (Å²) in [6, 6.07) is 7.10. The molecule has 1 heterocycles. The number of benzene rings is 1. The molecule has 94 valence electrons. The summed E-state index contributed by atoms with van der Waals surface area (Å²) < 4.78 is 0. The van der Waals surface area contributed by atoms with E-state index in [2.05, 4.69) is 5.32 Å². The third-order valence-electron chi connectivity index (χ3n) is 2.62. The average molecular weight is 281 g/mol. The van der Waals surface area contributed by atoms with Crippen LogP contribution in [0.5, 0.6) is 0 Å². The Morgan fingerprint density at radius 2 is 2.22 bits per heavy atom. The van der Waals surface area contributed by atoms with Crippen LogP contribution in [-0.2, 0) is 6.42 Å². The number of hydrogen-bond acceptors (Lipinski definition) is 3. The first-order valence-corrected chi connectivity index (χ1v) is 6.81. The van der Waals surface area contributed by atoms with E-state index in [-0.39, 0.29) is 5.91 Å². The predicted octanol–water partition coefficient (Wildman–Crippen LogP) is 3.80. The number of nitrogens with two attached hydrogens (primary N) is 1. The van der Waals surface area contributed by atoms with Gasteiger partial charge in [-0.25, -0.2) is 0 Å².